The molecule has 0 spiro atoms. The maximum absolute atomic E-state index is 10.4. The summed E-state index contributed by atoms with van der Waals surface area (Å²) in [5, 5.41) is 19.5. The van der Waals surface area contributed by atoms with Gasteiger partial charge in [0.2, 0.25) is 0 Å². The molecule has 0 bridgehead atoms. The first kappa shape index (κ1) is 11.5. The monoisotopic (exact) mass is 240 g/mol. The van der Waals surface area contributed by atoms with Crippen molar-refractivity contribution in [3.63, 3.8) is 0 Å². The predicted octanol–water partition coefficient (Wildman–Crippen LogP) is 2.11. The summed E-state index contributed by atoms with van der Waals surface area (Å²) in [4.78, 5) is 18.6. The number of rotatable bonds is 2. The van der Waals surface area contributed by atoms with Gasteiger partial charge in [-0.2, -0.15) is 5.26 Å². The van der Waals surface area contributed by atoms with E-state index in [4.69, 9.17) is 10.4 Å². The third-order valence-electron chi connectivity index (χ3n) is 2.17. The van der Waals surface area contributed by atoms with Crippen molar-refractivity contribution in [3.8, 4) is 17.5 Å². The van der Waals surface area contributed by atoms with E-state index >= 15 is 0 Å². The molecule has 2 N–H and O–H groups in total. The molecule has 2 heterocycles. The number of carboxylic acid groups (broad SMARTS) is 1. The summed E-state index contributed by atoms with van der Waals surface area (Å²) in [6, 6.07) is 8.45. The minimum atomic E-state index is -1.14. The van der Waals surface area contributed by atoms with Crippen LogP contribution in [0.3, 0.4) is 0 Å². The lowest BCUT2D eigenvalue weighted by molar-refractivity contribution is 0.209. The lowest BCUT2D eigenvalue weighted by Gasteiger charge is -2.02. The number of anilines is 1. The highest BCUT2D eigenvalue weighted by molar-refractivity contribution is 5.82. The predicted molar refractivity (Wildman–Crippen MR) is 63.8 cm³/mol. The zero-order valence-corrected chi connectivity index (χ0v) is 9.16. The van der Waals surface area contributed by atoms with Crippen LogP contribution in [0, 0.1) is 11.3 Å². The second-order valence-electron chi connectivity index (χ2n) is 3.40. The Balaban J connectivity index is 2.29. The maximum atomic E-state index is 10.4. The Labute approximate surface area is 103 Å². The van der Waals surface area contributed by atoms with Crippen molar-refractivity contribution < 1.29 is 9.90 Å². The summed E-state index contributed by atoms with van der Waals surface area (Å²) in [5.41, 5.74) is 2.01. The number of pyridine rings is 2. The van der Waals surface area contributed by atoms with Crippen LogP contribution in [0.15, 0.2) is 36.7 Å². The van der Waals surface area contributed by atoms with Crippen molar-refractivity contribution in [1.82, 2.24) is 9.97 Å². The molecule has 2 aromatic heterocycles. The summed E-state index contributed by atoms with van der Waals surface area (Å²) < 4.78 is 0. The molecule has 0 fully saturated rings. The van der Waals surface area contributed by atoms with Crippen LogP contribution in [-0.2, 0) is 0 Å². The molecule has 0 aromatic carbocycles. The van der Waals surface area contributed by atoms with Crippen LogP contribution in [0.2, 0.25) is 0 Å². The van der Waals surface area contributed by atoms with Crippen LogP contribution in [0.1, 0.15) is 5.56 Å². The van der Waals surface area contributed by atoms with Gasteiger partial charge in [-0.1, -0.05) is 0 Å². The van der Waals surface area contributed by atoms with Gasteiger partial charge < -0.3 is 5.11 Å². The van der Waals surface area contributed by atoms with Crippen molar-refractivity contribution in [2.24, 2.45) is 0 Å². The second-order valence-corrected chi connectivity index (χ2v) is 3.40. The van der Waals surface area contributed by atoms with E-state index in [0.29, 0.717) is 22.6 Å². The molecule has 0 aliphatic carbocycles. The summed E-state index contributed by atoms with van der Waals surface area (Å²) in [6.45, 7) is 0. The second kappa shape index (κ2) is 4.93. The van der Waals surface area contributed by atoms with E-state index in [1.54, 1.807) is 24.3 Å². The van der Waals surface area contributed by atoms with Gasteiger partial charge in [0.25, 0.3) is 0 Å². The topological polar surface area (TPSA) is 98.9 Å². The molecule has 0 aliphatic heterocycles. The Kier molecular flexibility index (Phi) is 3.16. The molecule has 18 heavy (non-hydrogen) atoms. The highest BCUT2D eigenvalue weighted by Gasteiger charge is 2.03. The lowest BCUT2D eigenvalue weighted by Crippen LogP contribution is -2.07. The summed E-state index contributed by atoms with van der Waals surface area (Å²) in [6.07, 6.45) is 1.78. The van der Waals surface area contributed by atoms with Crippen LogP contribution >= 0.6 is 0 Å². The van der Waals surface area contributed by atoms with Crippen molar-refractivity contribution >= 4 is 11.8 Å². The Morgan fingerprint density at radius 2 is 2.11 bits per heavy atom. The van der Waals surface area contributed by atoms with Crippen molar-refractivity contribution in [2.45, 2.75) is 0 Å². The molecule has 6 heteroatoms. The van der Waals surface area contributed by atoms with Gasteiger partial charge in [-0.3, -0.25) is 15.3 Å². The fourth-order valence-electron chi connectivity index (χ4n) is 1.38. The van der Waals surface area contributed by atoms with E-state index in [0.717, 1.165) is 0 Å². The number of carbonyl (C=O) groups is 1. The number of nitrogens with zero attached hydrogens (tertiary/aromatic N) is 3. The van der Waals surface area contributed by atoms with Gasteiger partial charge in [-0.05, 0) is 24.3 Å². The third-order valence-corrected chi connectivity index (χ3v) is 2.17. The number of hydrogen-bond acceptors (Lipinski definition) is 4. The Morgan fingerprint density at radius 3 is 2.72 bits per heavy atom. The van der Waals surface area contributed by atoms with Gasteiger partial charge in [0, 0.05) is 6.20 Å². The number of aromatic nitrogens is 2. The molecule has 0 radical (unpaired) electrons. The molecule has 2 aromatic rings. The van der Waals surface area contributed by atoms with E-state index in [9.17, 15) is 4.79 Å². The average molecular weight is 240 g/mol. The number of hydrogen-bond donors (Lipinski definition) is 2. The van der Waals surface area contributed by atoms with Crippen LogP contribution in [0.25, 0.3) is 11.4 Å². The van der Waals surface area contributed by atoms with E-state index in [2.05, 4.69) is 15.3 Å². The molecule has 0 atom stereocenters. The molecule has 88 valence electrons. The first-order valence-electron chi connectivity index (χ1n) is 5.01. The SMILES string of the molecule is N#Cc1ccnc(-c2ccc(NC(=O)O)cn2)c1. The maximum Gasteiger partial charge on any atom is 0.409 e. The zero-order chi connectivity index (χ0) is 13.0. The van der Waals surface area contributed by atoms with Crippen molar-refractivity contribution in [3.05, 3.63) is 42.2 Å². The Hall–Kier alpha value is -2.94. The van der Waals surface area contributed by atoms with Gasteiger partial charge >= 0.3 is 6.09 Å². The van der Waals surface area contributed by atoms with Crippen LogP contribution in [-0.4, -0.2) is 21.2 Å². The van der Waals surface area contributed by atoms with Gasteiger partial charge in [-0.25, -0.2) is 4.79 Å². The molecule has 0 unspecified atom stereocenters. The zero-order valence-electron chi connectivity index (χ0n) is 9.16. The molecule has 6 nitrogen and oxygen atoms in total. The fraction of sp³-hybridized carbons (Fsp3) is 0. The average Bonchev–Trinajstić information content (AvgIpc) is 2.39. The first-order chi connectivity index (χ1) is 8.69. The Morgan fingerprint density at radius 1 is 1.28 bits per heavy atom. The first-order valence-corrected chi connectivity index (χ1v) is 5.01. The molecular formula is C12H8N4O2. The summed E-state index contributed by atoms with van der Waals surface area (Å²) in [5.74, 6) is 0. The minimum absolute atomic E-state index is 0.377. The summed E-state index contributed by atoms with van der Waals surface area (Å²) in [7, 11) is 0. The van der Waals surface area contributed by atoms with Crippen molar-refractivity contribution in [1.29, 1.82) is 5.26 Å². The molecule has 0 saturated carbocycles. The van der Waals surface area contributed by atoms with E-state index < -0.39 is 6.09 Å². The van der Waals surface area contributed by atoms with E-state index in [-0.39, 0.29) is 0 Å². The molecule has 0 saturated heterocycles. The van der Waals surface area contributed by atoms with Gasteiger partial charge in [0.15, 0.2) is 0 Å². The quantitative estimate of drug-likeness (QED) is 0.837. The lowest BCUT2D eigenvalue weighted by atomic mass is 10.2. The smallest absolute Gasteiger partial charge is 0.409 e. The number of nitrogens with one attached hydrogen (secondary N) is 1. The minimum Gasteiger partial charge on any atom is -0.465 e. The molecule has 2 rings (SSSR count). The molecule has 1 amide bonds. The number of nitriles is 1. The number of amides is 1. The van der Waals surface area contributed by atoms with Gasteiger partial charge in [0.1, 0.15) is 0 Å². The fourth-order valence-corrected chi connectivity index (χ4v) is 1.38. The van der Waals surface area contributed by atoms with Crippen LogP contribution in [0.5, 0.6) is 0 Å². The Bertz CT molecular complexity index is 617. The summed E-state index contributed by atoms with van der Waals surface area (Å²) >= 11 is 0. The molecular weight excluding hydrogens is 232 g/mol. The van der Waals surface area contributed by atoms with E-state index in [1.165, 1.54) is 12.4 Å². The largest absolute Gasteiger partial charge is 0.465 e. The highest BCUT2D eigenvalue weighted by atomic mass is 16.4. The molecule has 0 aliphatic rings. The van der Waals surface area contributed by atoms with Gasteiger partial charge in [-0.15, -0.1) is 0 Å². The van der Waals surface area contributed by atoms with Crippen LogP contribution in [0.4, 0.5) is 10.5 Å². The van der Waals surface area contributed by atoms with E-state index in [1.807, 2.05) is 6.07 Å². The standard InChI is InChI=1S/C12H8N4O2/c13-6-8-3-4-14-11(5-8)10-2-1-9(7-15-10)16-12(17)18/h1-5,7,16H,(H,17,18). The highest BCUT2D eigenvalue weighted by Crippen LogP contribution is 2.17. The van der Waals surface area contributed by atoms with Crippen LogP contribution < -0.4 is 5.32 Å². The normalized spacial score (nSPS) is 9.50. The van der Waals surface area contributed by atoms with Gasteiger partial charge in [0.05, 0.1) is 34.9 Å². The third kappa shape index (κ3) is 2.59. The van der Waals surface area contributed by atoms with Crippen molar-refractivity contribution in [2.75, 3.05) is 5.32 Å².